The zero-order valence-electron chi connectivity index (χ0n) is 20.2. The number of amides is 1. The Kier molecular flexibility index (Phi) is 7.98. The summed E-state index contributed by atoms with van der Waals surface area (Å²) in [6, 6.07) is 19.8. The second-order valence-electron chi connectivity index (χ2n) is 7.91. The van der Waals surface area contributed by atoms with Gasteiger partial charge in [0.05, 0.1) is 35.0 Å². The van der Waals surface area contributed by atoms with Crippen LogP contribution in [0.2, 0.25) is 0 Å². The van der Waals surface area contributed by atoms with Gasteiger partial charge in [-0.05, 0) is 88.1 Å². The first kappa shape index (κ1) is 25.1. The van der Waals surface area contributed by atoms with E-state index in [1.165, 1.54) is 22.9 Å². The summed E-state index contributed by atoms with van der Waals surface area (Å²) < 4.78 is 11.7. The van der Waals surface area contributed by atoms with Gasteiger partial charge in [0, 0.05) is 11.6 Å². The van der Waals surface area contributed by atoms with Crippen LogP contribution in [-0.2, 0) is 17.6 Å². The molecule has 4 rings (SSSR count). The second kappa shape index (κ2) is 11.1. The zero-order valence-corrected chi connectivity index (χ0v) is 22.6. The molecule has 1 aliphatic rings. The first-order valence-corrected chi connectivity index (χ1v) is 13.0. The number of amidine groups is 1. The predicted octanol–water partition coefficient (Wildman–Crippen LogP) is 7.40. The first-order chi connectivity index (χ1) is 17.0. The standard InChI is InChI=1S/C28H27BrN2O3S/c1-5-18-7-11-21(12-8-18)30-28-31(22-13-9-19(6-2)10-14-22)27(32)26(35-28)16-20-15-23(29)25(34-4)17-24(20)33-3/h7-17H,5-6H2,1-4H3/b26-16-,30-28?. The molecule has 0 aliphatic carbocycles. The van der Waals surface area contributed by atoms with Crippen LogP contribution in [0.3, 0.4) is 0 Å². The SMILES string of the molecule is CCc1ccc(N=C2S/C(=C\c3cc(Br)c(OC)cc3OC)C(=O)N2c2ccc(CC)cc2)cc1. The van der Waals surface area contributed by atoms with Gasteiger partial charge in [-0.3, -0.25) is 9.69 Å². The highest BCUT2D eigenvalue weighted by Crippen LogP contribution is 2.40. The van der Waals surface area contributed by atoms with E-state index in [0.717, 1.165) is 34.3 Å². The third kappa shape index (κ3) is 5.46. The maximum absolute atomic E-state index is 13.7. The van der Waals surface area contributed by atoms with Crippen LogP contribution in [0.4, 0.5) is 11.4 Å². The van der Waals surface area contributed by atoms with Crippen molar-refractivity contribution in [1.82, 2.24) is 0 Å². The van der Waals surface area contributed by atoms with E-state index < -0.39 is 0 Å². The molecule has 180 valence electrons. The fraction of sp³-hybridized carbons (Fsp3) is 0.214. The minimum absolute atomic E-state index is 0.128. The Balaban J connectivity index is 1.78. The van der Waals surface area contributed by atoms with Crippen molar-refractivity contribution in [3.05, 3.63) is 86.7 Å². The summed E-state index contributed by atoms with van der Waals surface area (Å²) in [5.41, 5.74) is 4.82. The molecule has 0 unspecified atom stereocenters. The molecule has 0 aromatic heterocycles. The molecule has 0 atom stereocenters. The molecular weight excluding hydrogens is 524 g/mol. The van der Waals surface area contributed by atoms with Gasteiger partial charge in [-0.15, -0.1) is 0 Å². The van der Waals surface area contributed by atoms with Crippen molar-refractivity contribution in [2.24, 2.45) is 4.99 Å². The van der Waals surface area contributed by atoms with Crippen molar-refractivity contribution in [3.63, 3.8) is 0 Å². The normalized spacial score (nSPS) is 15.8. The number of hydrogen-bond acceptors (Lipinski definition) is 5. The third-order valence-electron chi connectivity index (χ3n) is 5.77. The number of anilines is 1. The number of benzene rings is 3. The van der Waals surface area contributed by atoms with Crippen LogP contribution < -0.4 is 14.4 Å². The molecule has 1 aliphatic heterocycles. The number of aryl methyl sites for hydroxylation is 2. The fourth-order valence-corrected chi connectivity index (χ4v) is 5.23. The molecule has 3 aromatic carbocycles. The molecule has 3 aromatic rings. The molecule has 35 heavy (non-hydrogen) atoms. The van der Waals surface area contributed by atoms with Crippen LogP contribution in [0.5, 0.6) is 11.5 Å². The summed E-state index contributed by atoms with van der Waals surface area (Å²) in [7, 11) is 3.20. The van der Waals surface area contributed by atoms with E-state index in [-0.39, 0.29) is 5.91 Å². The average molecular weight is 552 g/mol. The van der Waals surface area contributed by atoms with Crippen molar-refractivity contribution in [3.8, 4) is 11.5 Å². The number of methoxy groups -OCH3 is 2. The highest BCUT2D eigenvalue weighted by molar-refractivity contribution is 9.10. The molecule has 1 fully saturated rings. The Labute approximate surface area is 219 Å². The average Bonchev–Trinajstić information content (AvgIpc) is 3.18. The number of rotatable bonds is 7. The summed E-state index contributed by atoms with van der Waals surface area (Å²) in [6.45, 7) is 4.23. The van der Waals surface area contributed by atoms with Crippen LogP contribution in [0.1, 0.15) is 30.5 Å². The number of hydrogen-bond donors (Lipinski definition) is 0. The smallest absolute Gasteiger partial charge is 0.271 e. The molecule has 1 heterocycles. The highest BCUT2D eigenvalue weighted by atomic mass is 79.9. The molecule has 1 saturated heterocycles. The Bertz CT molecular complexity index is 1280. The number of ether oxygens (including phenoxy) is 2. The van der Waals surface area contributed by atoms with E-state index >= 15 is 0 Å². The maximum atomic E-state index is 13.7. The lowest BCUT2D eigenvalue weighted by Crippen LogP contribution is -2.28. The summed E-state index contributed by atoms with van der Waals surface area (Å²) >= 11 is 4.88. The van der Waals surface area contributed by atoms with Gasteiger partial charge < -0.3 is 9.47 Å². The lowest BCUT2D eigenvalue weighted by Gasteiger charge is -2.16. The number of aliphatic imine (C=N–C) groups is 1. The van der Waals surface area contributed by atoms with Crippen molar-refractivity contribution in [2.45, 2.75) is 26.7 Å². The zero-order chi connectivity index (χ0) is 24.9. The Morgan fingerprint density at radius 2 is 1.51 bits per heavy atom. The largest absolute Gasteiger partial charge is 0.496 e. The number of carbonyl (C=O) groups excluding carboxylic acids is 1. The van der Waals surface area contributed by atoms with E-state index in [1.54, 1.807) is 25.2 Å². The van der Waals surface area contributed by atoms with E-state index in [4.69, 9.17) is 14.5 Å². The van der Waals surface area contributed by atoms with Crippen LogP contribution in [0, 0.1) is 0 Å². The number of nitrogens with zero attached hydrogens (tertiary/aromatic N) is 2. The van der Waals surface area contributed by atoms with Gasteiger partial charge in [-0.25, -0.2) is 4.99 Å². The first-order valence-electron chi connectivity index (χ1n) is 11.4. The quantitative estimate of drug-likeness (QED) is 0.287. The second-order valence-corrected chi connectivity index (χ2v) is 9.78. The van der Waals surface area contributed by atoms with E-state index in [2.05, 4.69) is 41.9 Å². The summed E-state index contributed by atoms with van der Waals surface area (Å²) in [4.78, 5) is 20.7. The van der Waals surface area contributed by atoms with Gasteiger partial charge in [0.1, 0.15) is 11.5 Å². The van der Waals surface area contributed by atoms with Gasteiger partial charge in [0.25, 0.3) is 5.91 Å². The van der Waals surface area contributed by atoms with Gasteiger partial charge in [0.2, 0.25) is 0 Å². The lowest BCUT2D eigenvalue weighted by atomic mass is 10.1. The summed E-state index contributed by atoms with van der Waals surface area (Å²) in [5, 5.41) is 0.612. The lowest BCUT2D eigenvalue weighted by molar-refractivity contribution is -0.113. The van der Waals surface area contributed by atoms with Gasteiger partial charge >= 0.3 is 0 Å². The molecule has 0 N–H and O–H groups in total. The number of carbonyl (C=O) groups is 1. The summed E-state index contributed by atoms with van der Waals surface area (Å²) in [5.74, 6) is 1.15. The topological polar surface area (TPSA) is 51.1 Å². The predicted molar refractivity (Wildman–Crippen MR) is 149 cm³/mol. The molecule has 0 radical (unpaired) electrons. The van der Waals surface area contributed by atoms with Crippen molar-refractivity contribution >= 4 is 56.2 Å². The Morgan fingerprint density at radius 3 is 2.09 bits per heavy atom. The summed E-state index contributed by atoms with van der Waals surface area (Å²) in [6.07, 6.45) is 3.74. The third-order valence-corrected chi connectivity index (χ3v) is 7.36. The monoisotopic (exact) mass is 550 g/mol. The molecule has 5 nitrogen and oxygen atoms in total. The van der Waals surface area contributed by atoms with Crippen LogP contribution >= 0.6 is 27.7 Å². The highest BCUT2D eigenvalue weighted by Gasteiger charge is 2.35. The number of halogens is 1. The van der Waals surface area contributed by atoms with Gasteiger partial charge in [-0.2, -0.15) is 0 Å². The maximum Gasteiger partial charge on any atom is 0.271 e. The minimum atomic E-state index is -0.128. The molecule has 0 spiro atoms. The molecule has 0 saturated carbocycles. The fourth-order valence-electron chi connectivity index (χ4n) is 3.71. The van der Waals surface area contributed by atoms with E-state index in [0.29, 0.717) is 21.6 Å². The Morgan fingerprint density at radius 1 is 0.914 bits per heavy atom. The van der Waals surface area contributed by atoms with Crippen molar-refractivity contribution in [2.75, 3.05) is 19.1 Å². The van der Waals surface area contributed by atoms with E-state index in [1.807, 2.05) is 48.5 Å². The molecule has 1 amide bonds. The molecule has 7 heteroatoms. The van der Waals surface area contributed by atoms with E-state index in [9.17, 15) is 4.79 Å². The van der Waals surface area contributed by atoms with Crippen LogP contribution in [0.25, 0.3) is 6.08 Å². The van der Waals surface area contributed by atoms with Gasteiger partial charge in [0.15, 0.2) is 5.17 Å². The Hall–Kier alpha value is -3.03. The van der Waals surface area contributed by atoms with Crippen molar-refractivity contribution < 1.29 is 14.3 Å². The number of thioether (sulfide) groups is 1. The van der Waals surface area contributed by atoms with Crippen molar-refractivity contribution in [1.29, 1.82) is 0 Å². The molecular formula is C28H27BrN2O3S. The minimum Gasteiger partial charge on any atom is -0.496 e. The van der Waals surface area contributed by atoms with Crippen LogP contribution in [-0.4, -0.2) is 25.3 Å². The van der Waals surface area contributed by atoms with Gasteiger partial charge in [-0.1, -0.05) is 38.1 Å². The molecule has 0 bridgehead atoms. The van der Waals surface area contributed by atoms with Crippen LogP contribution in [0.15, 0.2) is 75.0 Å².